The van der Waals surface area contributed by atoms with Gasteiger partial charge in [0.1, 0.15) is 0 Å². The summed E-state index contributed by atoms with van der Waals surface area (Å²) in [5.74, 6) is 0.782. The second-order valence-corrected chi connectivity index (χ2v) is 4.24. The molecule has 2 aliphatic rings. The Kier molecular flexibility index (Phi) is 2.54. The molecule has 1 saturated carbocycles. The van der Waals surface area contributed by atoms with Crippen molar-refractivity contribution in [1.29, 1.82) is 0 Å². The monoisotopic (exact) mass is 182 g/mol. The normalized spacial score (nSPS) is 29.9. The van der Waals surface area contributed by atoms with Crippen LogP contribution >= 0.6 is 0 Å². The van der Waals surface area contributed by atoms with E-state index in [1.165, 1.54) is 0 Å². The van der Waals surface area contributed by atoms with Gasteiger partial charge in [0, 0.05) is 31.6 Å². The lowest BCUT2D eigenvalue weighted by Gasteiger charge is -2.19. The maximum absolute atomic E-state index is 11.7. The second-order valence-electron chi connectivity index (χ2n) is 4.24. The third kappa shape index (κ3) is 2.21. The predicted molar refractivity (Wildman–Crippen MR) is 51.4 cm³/mol. The Morgan fingerprint density at radius 2 is 2.08 bits per heavy atom. The quantitative estimate of drug-likeness (QED) is 0.644. The van der Waals surface area contributed by atoms with Crippen molar-refractivity contribution in [2.75, 3.05) is 19.6 Å². The Labute approximate surface area is 79.5 Å². The van der Waals surface area contributed by atoms with Gasteiger partial charge in [-0.25, -0.2) is 0 Å². The van der Waals surface area contributed by atoms with Crippen molar-refractivity contribution in [2.45, 2.75) is 32.2 Å². The number of rotatable bonds is 1. The second kappa shape index (κ2) is 3.66. The molecule has 0 aromatic rings. The topological polar surface area (TPSA) is 32.3 Å². The Bertz CT molecular complexity index is 201. The lowest BCUT2D eigenvalue weighted by Crippen LogP contribution is -2.35. The van der Waals surface area contributed by atoms with E-state index in [0.29, 0.717) is 17.9 Å². The van der Waals surface area contributed by atoms with Gasteiger partial charge in [-0.1, -0.05) is 0 Å². The molecule has 1 unspecified atom stereocenters. The minimum absolute atomic E-state index is 0.383. The van der Waals surface area contributed by atoms with Crippen molar-refractivity contribution in [1.82, 2.24) is 10.2 Å². The van der Waals surface area contributed by atoms with Crippen LogP contribution in [0.15, 0.2) is 0 Å². The van der Waals surface area contributed by atoms with Crippen LogP contribution in [0.25, 0.3) is 0 Å². The minimum atomic E-state index is 0.383. The van der Waals surface area contributed by atoms with Crippen LogP contribution in [-0.2, 0) is 4.79 Å². The molecular formula is C10H18N2O. The van der Waals surface area contributed by atoms with E-state index in [1.807, 2.05) is 4.90 Å². The molecule has 3 heteroatoms. The number of hydrogen-bond donors (Lipinski definition) is 1. The molecule has 13 heavy (non-hydrogen) atoms. The summed E-state index contributed by atoms with van der Waals surface area (Å²) < 4.78 is 0. The van der Waals surface area contributed by atoms with E-state index in [1.54, 1.807) is 0 Å². The molecule has 1 N–H and O–H groups in total. The number of carbonyl (C=O) groups is 1. The highest BCUT2D eigenvalue weighted by Crippen LogP contribution is 2.31. The molecule has 1 atom stereocenters. The van der Waals surface area contributed by atoms with Gasteiger partial charge in [-0.05, 0) is 26.2 Å². The van der Waals surface area contributed by atoms with E-state index in [0.717, 1.165) is 38.9 Å². The molecule has 0 bridgehead atoms. The smallest absolute Gasteiger partial charge is 0.225 e. The minimum Gasteiger partial charge on any atom is -0.341 e. The van der Waals surface area contributed by atoms with Crippen LogP contribution in [0.2, 0.25) is 0 Å². The summed E-state index contributed by atoms with van der Waals surface area (Å²) >= 11 is 0. The van der Waals surface area contributed by atoms with Gasteiger partial charge in [0.25, 0.3) is 0 Å². The highest BCUT2D eigenvalue weighted by Gasteiger charge is 2.33. The molecule has 74 valence electrons. The largest absolute Gasteiger partial charge is 0.341 e. The molecule has 0 aromatic carbocycles. The summed E-state index contributed by atoms with van der Waals surface area (Å²) in [5, 5.41) is 3.39. The van der Waals surface area contributed by atoms with E-state index in [9.17, 15) is 4.79 Å². The van der Waals surface area contributed by atoms with Crippen LogP contribution in [0.4, 0.5) is 0 Å². The number of nitrogens with one attached hydrogen (secondary N) is 1. The summed E-state index contributed by atoms with van der Waals surface area (Å²) in [5.41, 5.74) is 0. The number of nitrogens with zero attached hydrogens (tertiary/aromatic N) is 1. The average Bonchev–Trinajstić information content (AvgIpc) is 2.89. The molecule has 2 rings (SSSR count). The first-order valence-corrected chi connectivity index (χ1v) is 5.29. The van der Waals surface area contributed by atoms with Crippen molar-refractivity contribution < 1.29 is 4.79 Å². The summed E-state index contributed by atoms with van der Waals surface area (Å²) in [6, 6.07) is 0.567. The fourth-order valence-electron chi connectivity index (χ4n) is 1.82. The van der Waals surface area contributed by atoms with Gasteiger partial charge >= 0.3 is 0 Å². The standard InChI is InChI=1S/C10H18N2O/c1-8-4-6-12(7-5-11-8)10(13)9-2-3-9/h8-9,11H,2-7H2,1H3. The third-order valence-electron chi connectivity index (χ3n) is 2.94. The van der Waals surface area contributed by atoms with Gasteiger partial charge in [-0.15, -0.1) is 0 Å². The summed E-state index contributed by atoms with van der Waals surface area (Å²) in [6.45, 7) is 4.99. The van der Waals surface area contributed by atoms with Crippen molar-refractivity contribution in [3.8, 4) is 0 Å². The van der Waals surface area contributed by atoms with Crippen LogP contribution in [0.3, 0.4) is 0 Å². The van der Waals surface area contributed by atoms with Gasteiger partial charge in [-0.2, -0.15) is 0 Å². The lowest BCUT2D eigenvalue weighted by molar-refractivity contribution is -0.132. The fraction of sp³-hybridized carbons (Fsp3) is 0.900. The zero-order chi connectivity index (χ0) is 9.26. The molecule has 0 spiro atoms. The Hall–Kier alpha value is -0.570. The first-order valence-electron chi connectivity index (χ1n) is 5.29. The summed E-state index contributed by atoms with van der Waals surface area (Å²) in [4.78, 5) is 13.8. The van der Waals surface area contributed by atoms with Gasteiger partial charge in [0.05, 0.1) is 0 Å². The number of hydrogen-bond acceptors (Lipinski definition) is 2. The van der Waals surface area contributed by atoms with Crippen molar-refractivity contribution >= 4 is 5.91 Å². The molecule has 1 heterocycles. The van der Waals surface area contributed by atoms with E-state index >= 15 is 0 Å². The van der Waals surface area contributed by atoms with Crippen molar-refractivity contribution in [3.63, 3.8) is 0 Å². The molecule has 1 aliphatic heterocycles. The molecule has 1 saturated heterocycles. The van der Waals surface area contributed by atoms with Gasteiger partial charge in [-0.3, -0.25) is 4.79 Å². The molecule has 2 fully saturated rings. The van der Waals surface area contributed by atoms with Gasteiger partial charge < -0.3 is 10.2 Å². The SMILES string of the molecule is CC1CCN(C(=O)C2CC2)CCN1. The Morgan fingerprint density at radius 1 is 1.31 bits per heavy atom. The van der Waals surface area contributed by atoms with Gasteiger partial charge in [0.2, 0.25) is 5.91 Å². The molecule has 1 aliphatic carbocycles. The van der Waals surface area contributed by atoms with Crippen LogP contribution in [0.1, 0.15) is 26.2 Å². The molecular weight excluding hydrogens is 164 g/mol. The zero-order valence-corrected chi connectivity index (χ0v) is 8.25. The fourth-order valence-corrected chi connectivity index (χ4v) is 1.82. The van der Waals surface area contributed by atoms with Crippen molar-refractivity contribution in [3.05, 3.63) is 0 Å². The highest BCUT2D eigenvalue weighted by atomic mass is 16.2. The first kappa shape index (κ1) is 9.00. The highest BCUT2D eigenvalue weighted by molar-refractivity contribution is 5.81. The average molecular weight is 182 g/mol. The van der Waals surface area contributed by atoms with Crippen LogP contribution in [0, 0.1) is 5.92 Å². The summed E-state index contributed by atoms with van der Waals surface area (Å²) in [7, 11) is 0. The maximum atomic E-state index is 11.7. The first-order chi connectivity index (χ1) is 6.27. The van der Waals surface area contributed by atoms with E-state index in [2.05, 4.69) is 12.2 Å². The third-order valence-corrected chi connectivity index (χ3v) is 2.94. The van der Waals surface area contributed by atoms with Crippen LogP contribution in [0.5, 0.6) is 0 Å². The van der Waals surface area contributed by atoms with Crippen molar-refractivity contribution in [2.24, 2.45) is 5.92 Å². The van der Waals surface area contributed by atoms with E-state index in [-0.39, 0.29) is 0 Å². The lowest BCUT2D eigenvalue weighted by atomic mass is 10.2. The number of carbonyl (C=O) groups excluding carboxylic acids is 1. The van der Waals surface area contributed by atoms with Gasteiger partial charge in [0.15, 0.2) is 0 Å². The molecule has 1 amide bonds. The van der Waals surface area contributed by atoms with Crippen LogP contribution < -0.4 is 5.32 Å². The molecule has 0 aromatic heterocycles. The molecule has 0 radical (unpaired) electrons. The Balaban J connectivity index is 1.87. The van der Waals surface area contributed by atoms with E-state index < -0.39 is 0 Å². The number of amides is 1. The summed E-state index contributed by atoms with van der Waals surface area (Å²) in [6.07, 6.45) is 3.34. The van der Waals surface area contributed by atoms with E-state index in [4.69, 9.17) is 0 Å². The Morgan fingerprint density at radius 3 is 2.77 bits per heavy atom. The molecule has 3 nitrogen and oxygen atoms in total. The zero-order valence-electron chi connectivity index (χ0n) is 8.25. The maximum Gasteiger partial charge on any atom is 0.225 e. The predicted octanol–water partition coefficient (Wildman–Crippen LogP) is 0.607. The van der Waals surface area contributed by atoms with Crippen LogP contribution in [-0.4, -0.2) is 36.5 Å².